The van der Waals surface area contributed by atoms with Crippen LogP contribution in [0.4, 0.5) is 0 Å². The van der Waals surface area contributed by atoms with Crippen molar-refractivity contribution in [2.24, 2.45) is 0 Å². The Bertz CT molecular complexity index is 157. The second kappa shape index (κ2) is 19.4. The Morgan fingerprint density at radius 1 is 0.833 bits per heavy atom. The number of allylic oxidation sites excluding steroid dienone is 2. The van der Waals surface area contributed by atoms with Gasteiger partial charge in [-0.3, -0.25) is 0 Å². The number of hydrogen-bond donors (Lipinski definition) is 2. The summed E-state index contributed by atoms with van der Waals surface area (Å²) >= 11 is 0. The van der Waals surface area contributed by atoms with Gasteiger partial charge in [0.2, 0.25) is 0 Å². The molecule has 0 saturated carbocycles. The van der Waals surface area contributed by atoms with Crippen LogP contribution in [0.25, 0.3) is 0 Å². The van der Waals surface area contributed by atoms with Crippen LogP contribution in [0.3, 0.4) is 0 Å². The van der Waals surface area contributed by atoms with E-state index < -0.39 is 8.60 Å². The maximum Gasteiger partial charge on any atom is 0.327 e. The SMILES string of the molecule is CC=CC.CCCCCCCCCCOP(O)O. The Hall–Kier alpha value is 0.0500. The molecule has 0 aliphatic carbocycles. The summed E-state index contributed by atoms with van der Waals surface area (Å²) in [7, 11) is -2.13. The van der Waals surface area contributed by atoms with Crippen LogP contribution < -0.4 is 0 Å². The molecule has 0 heterocycles. The highest BCUT2D eigenvalue weighted by molar-refractivity contribution is 7.39. The van der Waals surface area contributed by atoms with Crippen molar-refractivity contribution in [2.75, 3.05) is 6.61 Å². The van der Waals surface area contributed by atoms with Crippen LogP contribution in [-0.2, 0) is 4.52 Å². The summed E-state index contributed by atoms with van der Waals surface area (Å²) in [6.45, 7) is 6.70. The minimum absolute atomic E-state index is 0.480. The second-order valence-corrected chi connectivity index (χ2v) is 4.99. The second-order valence-electron chi connectivity index (χ2n) is 4.23. The van der Waals surface area contributed by atoms with Crippen molar-refractivity contribution < 1.29 is 14.3 Å². The highest BCUT2D eigenvalue weighted by atomic mass is 31.2. The summed E-state index contributed by atoms with van der Waals surface area (Å²) in [5.41, 5.74) is 0. The van der Waals surface area contributed by atoms with Gasteiger partial charge in [-0.2, -0.15) is 0 Å². The van der Waals surface area contributed by atoms with Crippen LogP contribution in [0.1, 0.15) is 72.1 Å². The molecule has 0 radical (unpaired) electrons. The first-order chi connectivity index (χ1) is 8.68. The van der Waals surface area contributed by atoms with Crippen LogP contribution in [0.5, 0.6) is 0 Å². The van der Waals surface area contributed by atoms with Crippen LogP contribution in [0.2, 0.25) is 0 Å². The van der Waals surface area contributed by atoms with Crippen molar-refractivity contribution >= 4 is 8.60 Å². The Morgan fingerprint density at radius 2 is 1.28 bits per heavy atom. The Labute approximate surface area is 114 Å². The molecule has 0 rings (SSSR count). The largest absolute Gasteiger partial charge is 0.328 e. The van der Waals surface area contributed by atoms with Crippen LogP contribution >= 0.6 is 8.60 Å². The lowest BCUT2D eigenvalue weighted by atomic mass is 10.1. The van der Waals surface area contributed by atoms with E-state index in [0.717, 1.165) is 12.8 Å². The molecule has 0 bridgehead atoms. The van der Waals surface area contributed by atoms with Crippen molar-refractivity contribution in [1.82, 2.24) is 0 Å². The maximum absolute atomic E-state index is 8.45. The van der Waals surface area contributed by atoms with Gasteiger partial charge >= 0.3 is 8.60 Å². The molecule has 18 heavy (non-hydrogen) atoms. The van der Waals surface area contributed by atoms with E-state index in [1.165, 1.54) is 38.5 Å². The van der Waals surface area contributed by atoms with E-state index in [9.17, 15) is 0 Å². The number of rotatable bonds is 10. The smallest absolute Gasteiger partial charge is 0.327 e. The fraction of sp³-hybridized carbons (Fsp3) is 0.857. The first-order valence-electron chi connectivity index (χ1n) is 7.07. The zero-order valence-electron chi connectivity index (χ0n) is 12.3. The third-order valence-electron chi connectivity index (χ3n) is 2.54. The van der Waals surface area contributed by atoms with Crippen LogP contribution in [0.15, 0.2) is 12.2 Å². The summed E-state index contributed by atoms with van der Waals surface area (Å²) in [5.74, 6) is 0. The lowest BCUT2D eigenvalue weighted by Crippen LogP contribution is -1.89. The van der Waals surface area contributed by atoms with E-state index in [2.05, 4.69) is 11.4 Å². The average Bonchev–Trinajstić information content (AvgIpc) is 2.37. The van der Waals surface area contributed by atoms with Crippen molar-refractivity contribution in [2.45, 2.75) is 72.1 Å². The molecule has 0 atom stereocenters. The first kappa shape index (κ1) is 20.4. The summed E-state index contributed by atoms with van der Waals surface area (Å²) in [6.07, 6.45) is 13.9. The van der Waals surface area contributed by atoms with Gasteiger partial charge in [-0.25, -0.2) is 0 Å². The monoisotopic (exact) mass is 278 g/mol. The normalized spacial score (nSPS) is 10.8. The summed E-state index contributed by atoms with van der Waals surface area (Å²) in [5, 5.41) is 0. The standard InChI is InChI=1S/C10H23O3P.C4H8/c1-2-3-4-5-6-7-8-9-10-13-14(11)12;1-3-4-2/h11-12H,2-10H2,1H3;3-4H,1-2H3. The molecule has 4 heteroatoms. The molecule has 0 saturated heterocycles. The van der Waals surface area contributed by atoms with Crippen molar-refractivity contribution in [3.8, 4) is 0 Å². The minimum Gasteiger partial charge on any atom is -0.328 e. The molecule has 0 aromatic rings. The Kier molecular flexibility index (Phi) is 21.9. The minimum atomic E-state index is -2.13. The number of unbranched alkanes of at least 4 members (excludes halogenated alkanes) is 7. The molecule has 0 aliphatic heterocycles. The highest BCUT2D eigenvalue weighted by Gasteiger charge is 1.97. The molecule has 2 N–H and O–H groups in total. The van der Waals surface area contributed by atoms with E-state index in [4.69, 9.17) is 9.79 Å². The van der Waals surface area contributed by atoms with Gasteiger partial charge in [0.15, 0.2) is 0 Å². The summed E-state index contributed by atoms with van der Waals surface area (Å²) < 4.78 is 4.66. The molecule has 0 amide bonds. The van der Waals surface area contributed by atoms with Gasteiger partial charge in [0.25, 0.3) is 0 Å². The van der Waals surface area contributed by atoms with Crippen LogP contribution in [0, 0.1) is 0 Å². The predicted octanol–water partition coefficient (Wildman–Crippen LogP) is 4.94. The molecule has 0 spiro atoms. The fourth-order valence-corrected chi connectivity index (χ4v) is 1.67. The quantitative estimate of drug-likeness (QED) is 0.338. The lowest BCUT2D eigenvalue weighted by Gasteiger charge is -2.03. The first-order valence-corrected chi connectivity index (χ1v) is 8.23. The number of hydrogen-bond acceptors (Lipinski definition) is 3. The molecule has 0 aromatic carbocycles. The Balaban J connectivity index is 0. The summed E-state index contributed by atoms with van der Waals surface area (Å²) in [4.78, 5) is 16.9. The summed E-state index contributed by atoms with van der Waals surface area (Å²) in [6, 6.07) is 0. The molecule has 0 unspecified atom stereocenters. The molecule has 0 aromatic heterocycles. The van der Waals surface area contributed by atoms with Gasteiger partial charge in [-0.15, -0.1) is 0 Å². The van der Waals surface area contributed by atoms with Gasteiger partial charge in [-0.1, -0.05) is 64.0 Å². The lowest BCUT2D eigenvalue weighted by molar-refractivity contribution is 0.248. The third kappa shape index (κ3) is 25.0. The zero-order valence-corrected chi connectivity index (χ0v) is 13.2. The molecular formula is C14H31O3P. The Morgan fingerprint density at radius 3 is 1.67 bits per heavy atom. The molecule has 0 aliphatic rings. The average molecular weight is 278 g/mol. The fourth-order valence-electron chi connectivity index (χ4n) is 1.38. The van der Waals surface area contributed by atoms with Gasteiger partial charge in [0.1, 0.15) is 0 Å². The van der Waals surface area contributed by atoms with E-state index in [1.54, 1.807) is 0 Å². The van der Waals surface area contributed by atoms with Gasteiger partial charge in [0, 0.05) is 0 Å². The van der Waals surface area contributed by atoms with Gasteiger partial charge in [-0.05, 0) is 20.3 Å². The van der Waals surface area contributed by atoms with E-state index in [0.29, 0.717) is 6.61 Å². The van der Waals surface area contributed by atoms with Gasteiger partial charge < -0.3 is 14.3 Å². The van der Waals surface area contributed by atoms with Crippen molar-refractivity contribution in [3.63, 3.8) is 0 Å². The topological polar surface area (TPSA) is 49.7 Å². The predicted molar refractivity (Wildman–Crippen MR) is 80.4 cm³/mol. The van der Waals surface area contributed by atoms with Crippen LogP contribution in [-0.4, -0.2) is 16.4 Å². The molecule has 0 fully saturated rings. The van der Waals surface area contributed by atoms with E-state index in [-0.39, 0.29) is 0 Å². The van der Waals surface area contributed by atoms with E-state index >= 15 is 0 Å². The van der Waals surface area contributed by atoms with Gasteiger partial charge in [0.05, 0.1) is 6.61 Å². The zero-order chi connectivity index (χ0) is 14.1. The molecular weight excluding hydrogens is 247 g/mol. The van der Waals surface area contributed by atoms with Crippen molar-refractivity contribution in [1.29, 1.82) is 0 Å². The van der Waals surface area contributed by atoms with Crippen molar-refractivity contribution in [3.05, 3.63) is 12.2 Å². The highest BCUT2D eigenvalue weighted by Crippen LogP contribution is 2.24. The van der Waals surface area contributed by atoms with E-state index in [1.807, 2.05) is 26.0 Å². The molecule has 110 valence electrons. The molecule has 3 nitrogen and oxygen atoms in total. The third-order valence-corrected chi connectivity index (χ3v) is 2.95. The maximum atomic E-state index is 8.45.